The Morgan fingerprint density at radius 2 is 1.75 bits per heavy atom. The van der Waals surface area contributed by atoms with Crippen LogP contribution in [0.3, 0.4) is 0 Å². The lowest BCUT2D eigenvalue weighted by molar-refractivity contribution is 0.263. The number of nitrogens with zero attached hydrogens (tertiary/aromatic N) is 3. The molecule has 1 fully saturated rings. The Kier molecular flexibility index (Phi) is 4.47. The molecule has 124 valence electrons. The largest absolute Gasteiger partial charge is 0.494 e. The summed E-state index contributed by atoms with van der Waals surface area (Å²) in [5, 5.41) is 5.76. The van der Waals surface area contributed by atoms with Gasteiger partial charge in [-0.05, 0) is 62.7 Å². The lowest BCUT2D eigenvalue weighted by Gasteiger charge is -2.14. The van der Waals surface area contributed by atoms with Crippen LogP contribution in [0, 0.1) is 0 Å². The Bertz CT molecular complexity index is 755. The highest BCUT2D eigenvalue weighted by Gasteiger charge is 2.10. The van der Waals surface area contributed by atoms with Gasteiger partial charge in [-0.15, -0.1) is 0 Å². The Hall–Kier alpha value is -2.33. The van der Waals surface area contributed by atoms with Gasteiger partial charge >= 0.3 is 0 Å². The molecule has 0 spiro atoms. The van der Waals surface area contributed by atoms with Crippen LogP contribution in [0.15, 0.2) is 54.7 Å². The van der Waals surface area contributed by atoms with Crippen molar-refractivity contribution in [3.05, 3.63) is 54.7 Å². The Morgan fingerprint density at radius 1 is 0.958 bits per heavy atom. The number of likely N-dealkylation sites (tertiary alicyclic amines) is 1. The fraction of sp³-hybridized carbons (Fsp3) is 0.350. The highest BCUT2D eigenvalue weighted by Crippen LogP contribution is 2.18. The highest BCUT2D eigenvalue weighted by atomic mass is 16.5. The highest BCUT2D eigenvalue weighted by molar-refractivity contribution is 5.78. The molecule has 1 saturated heterocycles. The van der Waals surface area contributed by atoms with E-state index in [-0.39, 0.29) is 0 Å². The van der Waals surface area contributed by atoms with Gasteiger partial charge in [0.25, 0.3) is 0 Å². The molecule has 0 amide bonds. The molecule has 24 heavy (non-hydrogen) atoms. The minimum Gasteiger partial charge on any atom is -0.494 e. The molecule has 3 aromatic rings. The first-order valence-corrected chi connectivity index (χ1v) is 8.78. The Morgan fingerprint density at radius 3 is 2.54 bits per heavy atom. The van der Waals surface area contributed by atoms with E-state index >= 15 is 0 Å². The van der Waals surface area contributed by atoms with Gasteiger partial charge in [-0.3, -0.25) is 0 Å². The van der Waals surface area contributed by atoms with Crippen LogP contribution in [0.25, 0.3) is 16.6 Å². The van der Waals surface area contributed by atoms with E-state index in [2.05, 4.69) is 34.4 Å². The van der Waals surface area contributed by atoms with Crippen LogP contribution in [0.4, 0.5) is 0 Å². The molecule has 1 aromatic heterocycles. The summed E-state index contributed by atoms with van der Waals surface area (Å²) >= 11 is 0. The maximum absolute atomic E-state index is 5.86. The monoisotopic (exact) mass is 321 g/mol. The molecule has 2 aromatic carbocycles. The number of hydrogen-bond acceptors (Lipinski definition) is 3. The standard InChI is InChI=1S/C20H23N3O/c1-2-7-20-17(6-1)16-23(21-20)18-8-10-19(11-9-18)24-15-5-14-22-12-3-4-13-22/h1-2,6-11,16H,3-5,12-15H2. The molecular formula is C20H23N3O. The molecular weight excluding hydrogens is 298 g/mol. The van der Waals surface area contributed by atoms with Crippen molar-refractivity contribution in [3.8, 4) is 11.4 Å². The zero-order valence-corrected chi connectivity index (χ0v) is 13.9. The van der Waals surface area contributed by atoms with E-state index in [4.69, 9.17) is 4.74 Å². The first-order valence-electron chi connectivity index (χ1n) is 8.78. The van der Waals surface area contributed by atoms with Gasteiger partial charge in [-0.2, -0.15) is 5.10 Å². The SMILES string of the molecule is c1ccc2nn(-c3ccc(OCCCN4CCCC4)cc3)cc2c1. The van der Waals surface area contributed by atoms with Crippen molar-refractivity contribution in [2.75, 3.05) is 26.2 Å². The first kappa shape index (κ1) is 15.2. The van der Waals surface area contributed by atoms with Gasteiger partial charge < -0.3 is 9.64 Å². The van der Waals surface area contributed by atoms with Crippen molar-refractivity contribution < 1.29 is 4.74 Å². The molecule has 0 unspecified atom stereocenters. The van der Waals surface area contributed by atoms with Gasteiger partial charge in [0.2, 0.25) is 0 Å². The van der Waals surface area contributed by atoms with Gasteiger partial charge in [0.15, 0.2) is 0 Å². The molecule has 0 saturated carbocycles. The summed E-state index contributed by atoms with van der Waals surface area (Å²) in [6.07, 6.45) is 5.85. The van der Waals surface area contributed by atoms with E-state index in [0.717, 1.165) is 41.9 Å². The topological polar surface area (TPSA) is 30.3 Å². The minimum absolute atomic E-state index is 0.779. The Labute approximate surface area is 142 Å². The molecule has 0 bridgehead atoms. The molecule has 4 nitrogen and oxygen atoms in total. The van der Waals surface area contributed by atoms with Crippen molar-refractivity contribution in [1.82, 2.24) is 14.7 Å². The van der Waals surface area contributed by atoms with E-state index in [1.807, 2.05) is 35.0 Å². The Balaban J connectivity index is 1.34. The number of rotatable bonds is 6. The maximum atomic E-state index is 5.86. The second kappa shape index (κ2) is 7.05. The van der Waals surface area contributed by atoms with Crippen molar-refractivity contribution in [2.45, 2.75) is 19.3 Å². The molecule has 0 N–H and O–H groups in total. The van der Waals surface area contributed by atoms with E-state index < -0.39 is 0 Å². The number of fused-ring (bicyclic) bond motifs is 1. The summed E-state index contributed by atoms with van der Waals surface area (Å²) in [7, 11) is 0. The number of ether oxygens (including phenoxy) is 1. The average molecular weight is 321 g/mol. The summed E-state index contributed by atoms with van der Waals surface area (Å²) in [6.45, 7) is 4.44. The second-order valence-electron chi connectivity index (χ2n) is 6.38. The van der Waals surface area contributed by atoms with Crippen LogP contribution in [-0.4, -0.2) is 40.9 Å². The van der Waals surface area contributed by atoms with Gasteiger partial charge in [-0.25, -0.2) is 4.68 Å². The van der Waals surface area contributed by atoms with E-state index in [1.165, 1.54) is 25.9 Å². The zero-order chi connectivity index (χ0) is 16.2. The molecule has 4 rings (SSSR count). The third-order valence-electron chi connectivity index (χ3n) is 4.60. The van der Waals surface area contributed by atoms with Crippen molar-refractivity contribution in [3.63, 3.8) is 0 Å². The van der Waals surface area contributed by atoms with Crippen LogP contribution in [0.1, 0.15) is 19.3 Å². The molecule has 0 radical (unpaired) electrons. The fourth-order valence-corrected chi connectivity index (χ4v) is 3.28. The maximum Gasteiger partial charge on any atom is 0.119 e. The number of aromatic nitrogens is 2. The van der Waals surface area contributed by atoms with Crippen LogP contribution in [0.5, 0.6) is 5.75 Å². The summed E-state index contributed by atoms with van der Waals surface area (Å²) in [5.41, 5.74) is 2.07. The molecule has 0 atom stereocenters. The average Bonchev–Trinajstić information content (AvgIpc) is 3.28. The van der Waals surface area contributed by atoms with Crippen molar-refractivity contribution in [2.24, 2.45) is 0 Å². The third kappa shape index (κ3) is 3.44. The van der Waals surface area contributed by atoms with Crippen molar-refractivity contribution >= 4 is 10.9 Å². The molecule has 1 aliphatic heterocycles. The minimum atomic E-state index is 0.779. The summed E-state index contributed by atoms with van der Waals surface area (Å²) < 4.78 is 7.78. The van der Waals surface area contributed by atoms with E-state index in [1.54, 1.807) is 0 Å². The molecule has 0 aliphatic carbocycles. The first-order chi connectivity index (χ1) is 11.9. The molecule has 1 aliphatic rings. The lowest BCUT2D eigenvalue weighted by atomic mass is 10.3. The van der Waals surface area contributed by atoms with Crippen molar-refractivity contribution in [1.29, 1.82) is 0 Å². The quantitative estimate of drug-likeness (QED) is 0.645. The van der Waals surface area contributed by atoms with Gasteiger partial charge in [0, 0.05) is 18.1 Å². The summed E-state index contributed by atoms with van der Waals surface area (Å²) in [5.74, 6) is 0.928. The summed E-state index contributed by atoms with van der Waals surface area (Å²) in [6, 6.07) is 16.3. The van der Waals surface area contributed by atoms with Crippen LogP contribution in [0.2, 0.25) is 0 Å². The van der Waals surface area contributed by atoms with Gasteiger partial charge in [0.1, 0.15) is 5.75 Å². The molecule has 2 heterocycles. The summed E-state index contributed by atoms with van der Waals surface area (Å²) in [4.78, 5) is 2.52. The predicted molar refractivity (Wildman–Crippen MR) is 96.9 cm³/mol. The van der Waals surface area contributed by atoms with Crippen LogP contribution < -0.4 is 4.74 Å². The fourth-order valence-electron chi connectivity index (χ4n) is 3.28. The van der Waals surface area contributed by atoms with Crippen LogP contribution >= 0.6 is 0 Å². The lowest BCUT2D eigenvalue weighted by Crippen LogP contribution is -2.21. The number of benzene rings is 2. The second-order valence-corrected chi connectivity index (χ2v) is 6.38. The third-order valence-corrected chi connectivity index (χ3v) is 4.60. The van der Waals surface area contributed by atoms with Crippen LogP contribution in [-0.2, 0) is 0 Å². The number of hydrogen-bond donors (Lipinski definition) is 0. The normalized spacial score (nSPS) is 15.2. The van der Waals surface area contributed by atoms with Gasteiger partial charge in [-0.1, -0.05) is 18.2 Å². The zero-order valence-electron chi connectivity index (χ0n) is 13.9. The van der Waals surface area contributed by atoms with E-state index in [0.29, 0.717) is 0 Å². The van der Waals surface area contributed by atoms with Gasteiger partial charge in [0.05, 0.1) is 17.8 Å². The molecule has 4 heteroatoms. The van der Waals surface area contributed by atoms with E-state index in [9.17, 15) is 0 Å². The smallest absolute Gasteiger partial charge is 0.119 e. The predicted octanol–water partition coefficient (Wildman–Crippen LogP) is 3.89.